The molecule has 3 aromatic rings. The monoisotopic (exact) mass is 500 g/mol. The number of hydrogen-bond donors (Lipinski definition) is 3. The van der Waals surface area contributed by atoms with Gasteiger partial charge in [0.2, 0.25) is 17.4 Å². The maximum Gasteiger partial charge on any atom is 0.294 e. The highest BCUT2D eigenvalue weighted by atomic mass is 16.6. The van der Waals surface area contributed by atoms with Gasteiger partial charge in [0.1, 0.15) is 12.2 Å². The second-order valence-corrected chi connectivity index (χ2v) is 8.27. The van der Waals surface area contributed by atoms with Crippen LogP contribution < -0.4 is 30.3 Å². The van der Waals surface area contributed by atoms with E-state index in [4.69, 9.17) is 24.6 Å². The first-order chi connectivity index (χ1) is 17.5. The van der Waals surface area contributed by atoms with Gasteiger partial charge >= 0.3 is 0 Å². The van der Waals surface area contributed by atoms with Gasteiger partial charge in [0.15, 0.2) is 17.2 Å². The number of methoxy groups -OCH3 is 3. The predicted octanol–water partition coefficient (Wildman–Crippen LogP) is -0.0189. The number of nitrogens with one attached hydrogen (secondary N) is 2. The fourth-order valence-corrected chi connectivity index (χ4v) is 4.18. The number of carbonyl (C=O) groups is 1. The molecule has 4 N–H and O–H groups in total. The van der Waals surface area contributed by atoms with Crippen molar-refractivity contribution in [3.05, 3.63) is 29.1 Å². The van der Waals surface area contributed by atoms with Crippen molar-refractivity contribution in [2.24, 2.45) is 5.10 Å². The molecule has 1 aromatic carbocycles. The summed E-state index contributed by atoms with van der Waals surface area (Å²) >= 11 is 0. The quantitative estimate of drug-likeness (QED) is 0.268. The minimum absolute atomic E-state index is 0.0550. The molecule has 0 unspecified atom stereocenters. The van der Waals surface area contributed by atoms with E-state index in [2.05, 4.69) is 31.2 Å². The zero-order valence-electron chi connectivity index (χ0n) is 20.5. The van der Waals surface area contributed by atoms with Gasteiger partial charge in [-0.05, 0) is 48.1 Å². The van der Waals surface area contributed by atoms with Crippen LogP contribution in [0.25, 0.3) is 5.82 Å². The second kappa shape index (κ2) is 11.5. The maximum absolute atomic E-state index is 13.1. The van der Waals surface area contributed by atoms with Crippen molar-refractivity contribution in [1.82, 2.24) is 30.7 Å². The van der Waals surface area contributed by atoms with E-state index in [9.17, 15) is 4.79 Å². The Kier molecular flexibility index (Phi) is 7.95. The van der Waals surface area contributed by atoms with Gasteiger partial charge in [0, 0.05) is 5.56 Å². The lowest BCUT2D eigenvalue weighted by atomic mass is 10.2. The zero-order valence-corrected chi connectivity index (χ0v) is 20.5. The third-order valence-electron chi connectivity index (χ3n) is 5.97. The second-order valence-electron chi connectivity index (χ2n) is 8.27. The van der Waals surface area contributed by atoms with E-state index in [1.807, 2.05) is 0 Å². The SMILES string of the molecule is COc1cc(/C=N\NC(=O)c2nnn(-c3nonc3N)c2C[NH+]2CCCCCC2)cc(OC)c1OC. The Hall–Kier alpha value is -4.20. The predicted molar refractivity (Wildman–Crippen MR) is 128 cm³/mol. The molecule has 0 aliphatic carbocycles. The highest BCUT2D eigenvalue weighted by molar-refractivity contribution is 5.94. The number of likely N-dealkylation sites (tertiary alicyclic amines) is 1. The van der Waals surface area contributed by atoms with Crippen LogP contribution in [0.5, 0.6) is 17.2 Å². The average Bonchev–Trinajstić information content (AvgIpc) is 3.40. The van der Waals surface area contributed by atoms with Crippen molar-refractivity contribution < 1.29 is 28.5 Å². The number of carbonyl (C=O) groups excluding carboxylic acids is 1. The molecule has 0 spiro atoms. The first-order valence-electron chi connectivity index (χ1n) is 11.6. The van der Waals surface area contributed by atoms with Gasteiger partial charge in [0.05, 0.1) is 40.6 Å². The topological polar surface area (TPSA) is 169 Å². The summed E-state index contributed by atoms with van der Waals surface area (Å²) in [6, 6.07) is 3.42. The van der Waals surface area contributed by atoms with E-state index in [1.165, 1.54) is 50.0 Å². The first kappa shape index (κ1) is 24.9. The number of aromatic nitrogens is 5. The Bertz CT molecular complexity index is 1190. The summed E-state index contributed by atoms with van der Waals surface area (Å²) in [5, 5.41) is 19.7. The smallest absolute Gasteiger partial charge is 0.294 e. The highest BCUT2D eigenvalue weighted by Gasteiger charge is 2.27. The summed E-state index contributed by atoms with van der Waals surface area (Å²) in [5.41, 5.74) is 9.70. The van der Waals surface area contributed by atoms with Gasteiger partial charge in [0.25, 0.3) is 5.91 Å². The minimum atomic E-state index is -0.524. The largest absolute Gasteiger partial charge is 0.493 e. The number of nitrogens with two attached hydrogens (primary N) is 1. The highest BCUT2D eigenvalue weighted by Crippen LogP contribution is 2.37. The van der Waals surface area contributed by atoms with Gasteiger partial charge in [-0.25, -0.2) is 10.1 Å². The van der Waals surface area contributed by atoms with Crippen LogP contribution in [0, 0.1) is 0 Å². The summed E-state index contributed by atoms with van der Waals surface area (Å²) in [6.07, 6.45) is 6.09. The van der Waals surface area contributed by atoms with Gasteiger partial charge in [-0.2, -0.15) is 9.78 Å². The van der Waals surface area contributed by atoms with Gasteiger partial charge in [-0.15, -0.1) is 5.10 Å². The molecule has 2 aromatic heterocycles. The van der Waals surface area contributed by atoms with Crippen LogP contribution in [-0.4, -0.2) is 71.8 Å². The minimum Gasteiger partial charge on any atom is -0.493 e. The third kappa shape index (κ3) is 5.38. The van der Waals surface area contributed by atoms with Crippen molar-refractivity contribution in [2.75, 3.05) is 40.2 Å². The Labute approximate surface area is 207 Å². The lowest BCUT2D eigenvalue weighted by molar-refractivity contribution is -0.913. The lowest BCUT2D eigenvalue weighted by Crippen LogP contribution is -3.10. The van der Waals surface area contributed by atoms with Crippen LogP contribution in [0.1, 0.15) is 47.4 Å². The van der Waals surface area contributed by atoms with Crippen molar-refractivity contribution >= 4 is 17.9 Å². The molecule has 14 heteroatoms. The summed E-state index contributed by atoms with van der Waals surface area (Å²) in [4.78, 5) is 14.4. The van der Waals surface area contributed by atoms with Crippen molar-refractivity contribution in [2.45, 2.75) is 32.2 Å². The lowest BCUT2D eigenvalue weighted by Gasteiger charge is -2.17. The molecule has 1 amide bonds. The molecule has 192 valence electrons. The van der Waals surface area contributed by atoms with Crippen LogP contribution in [-0.2, 0) is 6.54 Å². The maximum atomic E-state index is 13.1. The first-order valence-corrected chi connectivity index (χ1v) is 11.6. The van der Waals surface area contributed by atoms with Crippen molar-refractivity contribution in [3.63, 3.8) is 0 Å². The molecular weight excluding hydrogens is 470 g/mol. The van der Waals surface area contributed by atoms with E-state index in [0.29, 0.717) is 35.1 Å². The summed E-state index contributed by atoms with van der Waals surface area (Å²) in [6.45, 7) is 2.48. The van der Waals surface area contributed by atoms with Crippen molar-refractivity contribution in [1.29, 1.82) is 0 Å². The molecule has 4 rings (SSSR count). The molecule has 3 heterocycles. The number of nitrogens with zero attached hydrogens (tertiary/aromatic N) is 6. The average molecular weight is 501 g/mol. The number of quaternary nitrogens is 1. The van der Waals surface area contributed by atoms with Crippen LogP contribution in [0.2, 0.25) is 0 Å². The Balaban J connectivity index is 1.57. The summed E-state index contributed by atoms with van der Waals surface area (Å²) < 4.78 is 22.2. The molecule has 0 bridgehead atoms. The van der Waals surface area contributed by atoms with Crippen LogP contribution in [0.4, 0.5) is 5.82 Å². The number of hydrazone groups is 1. The molecule has 0 atom stereocenters. The summed E-state index contributed by atoms with van der Waals surface area (Å²) in [5.74, 6) is 1.11. The molecule has 1 aliphatic heterocycles. The molecule has 36 heavy (non-hydrogen) atoms. The van der Waals surface area contributed by atoms with Gasteiger partial charge < -0.3 is 24.8 Å². The number of ether oxygens (including phenoxy) is 3. The third-order valence-corrected chi connectivity index (χ3v) is 5.97. The van der Waals surface area contributed by atoms with Crippen LogP contribution >= 0.6 is 0 Å². The Morgan fingerprint density at radius 2 is 1.83 bits per heavy atom. The van der Waals surface area contributed by atoms with Gasteiger partial charge in [-0.1, -0.05) is 5.21 Å². The molecule has 1 aliphatic rings. The number of hydrogen-bond acceptors (Lipinski definition) is 11. The van der Waals surface area contributed by atoms with E-state index in [-0.39, 0.29) is 17.3 Å². The Morgan fingerprint density at radius 3 is 2.42 bits per heavy atom. The summed E-state index contributed by atoms with van der Waals surface area (Å²) in [7, 11) is 4.57. The van der Waals surface area contributed by atoms with E-state index >= 15 is 0 Å². The zero-order chi connectivity index (χ0) is 25.5. The molecule has 1 fully saturated rings. The molecule has 0 saturated carbocycles. The number of amides is 1. The van der Waals surface area contributed by atoms with Gasteiger partial charge in [-0.3, -0.25) is 4.79 Å². The Morgan fingerprint density at radius 1 is 1.14 bits per heavy atom. The van der Waals surface area contributed by atoms with E-state index in [0.717, 1.165) is 25.9 Å². The molecule has 14 nitrogen and oxygen atoms in total. The van der Waals surface area contributed by atoms with Crippen LogP contribution in [0.15, 0.2) is 21.9 Å². The molecule has 0 radical (unpaired) electrons. The van der Waals surface area contributed by atoms with E-state index < -0.39 is 5.91 Å². The van der Waals surface area contributed by atoms with Crippen LogP contribution in [0.3, 0.4) is 0 Å². The molecule has 1 saturated heterocycles. The molecular formula is C22H30N9O5+. The normalized spacial score (nSPS) is 14.5. The number of benzene rings is 1. The fourth-order valence-electron chi connectivity index (χ4n) is 4.18. The standard InChI is InChI=1S/C22H29N9O5/c1-33-16-10-14(11-17(34-2)19(16)35-3)12-24-26-22(32)18-15(13-30-8-6-4-5-7-9-30)31(29-25-18)21-20(23)27-36-28-21/h10-12H,4-9,13H2,1-3H3,(H2,23,27)(H,26,32)/p+1/b24-12-. The van der Waals surface area contributed by atoms with Crippen molar-refractivity contribution in [3.8, 4) is 23.1 Å². The number of anilines is 1. The van der Waals surface area contributed by atoms with E-state index in [1.54, 1.807) is 12.1 Å². The number of rotatable bonds is 9. The fraction of sp³-hybridized carbons (Fsp3) is 0.455. The number of nitrogen functional groups attached to an aromatic ring is 1.